The van der Waals surface area contributed by atoms with Gasteiger partial charge < -0.3 is 14.9 Å². The predicted octanol–water partition coefficient (Wildman–Crippen LogP) is 15.5. The van der Waals surface area contributed by atoms with Crippen LogP contribution in [0.1, 0.15) is 100 Å². The monoisotopic (exact) mass is 850 g/mol. The van der Waals surface area contributed by atoms with Crippen molar-refractivity contribution in [3.8, 4) is 22.3 Å². The summed E-state index contributed by atoms with van der Waals surface area (Å²) in [5.41, 5.74) is 12.3. The zero-order valence-corrected chi connectivity index (χ0v) is 38.8. The van der Waals surface area contributed by atoms with Crippen LogP contribution in [0.5, 0.6) is 0 Å². The summed E-state index contributed by atoms with van der Waals surface area (Å²) in [6.45, 7) is 12.0. The van der Waals surface area contributed by atoms with Crippen LogP contribution in [0, 0.1) is 39.5 Å². The molecule has 2 saturated carbocycles. The second-order valence-electron chi connectivity index (χ2n) is 15.6. The number of rotatable bonds is 10. The number of hydrogen-bond donors (Lipinski definition) is 0. The third-order valence-corrected chi connectivity index (χ3v) is 11.9. The zero-order valence-electron chi connectivity index (χ0n) is 33.7. The average molecular weight is 853 g/mol. The van der Waals surface area contributed by atoms with Crippen molar-refractivity contribution in [3.63, 3.8) is 0 Å². The minimum atomic E-state index is 0. The van der Waals surface area contributed by atoms with Crippen molar-refractivity contribution in [1.29, 1.82) is 0 Å². The Balaban J connectivity index is 0.000000334. The molecular weight excluding hydrogens is 791 g/mol. The van der Waals surface area contributed by atoms with E-state index in [4.69, 9.17) is 0 Å². The summed E-state index contributed by atoms with van der Waals surface area (Å²) in [7, 11) is 0. The van der Waals surface area contributed by atoms with Crippen LogP contribution in [0.4, 0.5) is 0 Å². The van der Waals surface area contributed by atoms with Crippen LogP contribution < -0.4 is 0 Å². The molecule has 288 valence electrons. The van der Waals surface area contributed by atoms with Crippen LogP contribution in [-0.4, -0.2) is 6.88 Å². The van der Waals surface area contributed by atoms with Crippen molar-refractivity contribution in [2.45, 2.75) is 105 Å². The Morgan fingerprint density at radius 3 is 1.20 bits per heavy atom. The summed E-state index contributed by atoms with van der Waals surface area (Å²) >= 11 is 1.36. The van der Waals surface area contributed by atoms with E-state index in [2.05, 4.69) is 144 Å². The van der Waals surface area contributed by atoms with E-state index in [-0.39, 0.29) is 39.7 Å². The van der Waals surface area contributed by atoms with Gasteiger partial charge in [-0.3, -0.25) is 0 Å². The first-order valence-electron chi connectivity index (χ1n) is 19.1. The van der Waals surface area contributed by atoms with Gasteiger partial charge in [-0.2, -0.15) is 12.1 Å². The number of halogens is 2. The number of hydrogen-bond acceptors (Lipinski definition) is 0. The first kappa shape index (κ1) is 47.9. The molecular formula is C50H62Cl2SiZr-4. The van der Waals surface area contributed by atoms with E-state index in [1.165, 1.54) is 166 Å². The normalized spacial score (nSPS) is 14.5. The Morgan fingerprint density at radius 1 is 0.556 bits per heavy atom. The van der Waals surface area contributed by atoms with Crippen LogP contribution in [0.25, 0.3) is 43.8 Å². The Kier molecular flexibility index (Phi) is 19.4. The quantitative estimate of drug-likeness (QED) is 0.0951. The van der Waals surface area contributed by atoms with Gasteiger partial charge >= 0.3 is 30.2 Å². The van der Waals surface area contributed by atoms with Gasteiger partial charge in [0.1, 0.15) is 0 Å². The molecule has 0 aromatic heterocycles. The van der Waals surface area contributed by atoms with Gasteiger partial charge in [0.25, 0.3) is 0 Å². The average Bonchev–Trinajstić information content (AvgIpc) is 3.71. The van der Waals surface area contributed by atoms with Crippen LogP contribution in [0.15, 0.2) is 109 Å². The van der Waals surface area contributed by atoms with Crippen molar-refractivity contribution in [1.82, 2.24) is 0 Å². The van der Waals surface area contributed by atoms with E-state index in [1.807, 2.05) is 0 Å². The molecule has 2 fully saturated rings. The number of benzene rings is 4. The molecule has 0 aliphatic heterocycles. The van der Waals surface area contributed by atoms with Gasteiger partial charge in [0.05, 0.1) is 0 Å². The van der Waals surface area contributed by atoms with Gasteiger partial charge in [-0.1, -0.05) is 122 Å². The van der Waals surface area contributed by atoms with E-state index in [9.17, 15) is 0 Å². The molecule has 0 unspecified atom stereocenters. The fraction of sp³-hybridized carbons (Fsp3) is 0.360. The van der Waals surface area contributed by atoms with Gasteiger partial charge in [-0.05, 0) is 87.2 Å². The summed E-state index contributed by atoms with van der Waals surface area (Å²) in [5.74, 6) is 0. The molecule has 4 heteroatoms. The van der Waals surface area contributed by atoms with E-state index >= 15 is 0 Å². The van der Waals surface area contributed by atoms with Crippen molar-refractivity contribution < 1.29 is 23.3 Å². The molecule has 54 heavy (non-hydrogen) atoms. The Hall–Kier alpha value is -2.22. The first-order valence-corrected chi connectivity index (χ1v) is 23.3. The molecule has 0 amide bonds. The second-order valence-corrected chi connectivity index (χ2v) is 15.6. The van der Waals surface area contributed by atoms with Crippen LogP contribution in [0.3, 0.4) is 0 Å². The molecule has 0 nitrogen and oxygen atoms in total. The summed E-state index contributed by atoms with van der Waals surface area (Å²) in [5, 5.41) is 5.63. The molecule has 0 bridgehead atoms. The van der Waals surface area contributed by atoms with E-state index < -0.39 is 0 Å². The predicted molar refractivity (Wildman–Crippen MR) is 242 cm³/mol. The summed E-state index contributed by atoms with van der Waals surface area (Å²) in [6.07, 6.45) is 16.5. The van der Waals surface area contributed by atoms with Gasteiger partial charge in [-0.25, -0.2) is 0 Å². The SMILES string of the molecule is CCCC1(Cc2cc3c(-c4ccc(C)cc4)cccc3[cH-]2)CCC1.CCCC1(Cc2cc3c(-c4ccc(C)cc4)cccc3[cH-]2)CCC1.Cl.Cl.[CH3-].[CH3-].[Si]=[Zr]. The maximum absolute atomic E-state index is 3.06. The second kappa shape index (κ2) is 21.9. The van der Waals surface area contributed by atoms with Crippen molar-refractivity contribution in [2.24, 2.45) is 10.8 Å². The molecule has 2 radical (unpaired) electrons. The fourth-order valence-corrected chi connectivity index (χ4v) is 9.08. The minimum absolute atomic E-state index is 0. The fourth-order valence-electron chi connectivity index (χ4n) is 9.08. The van der Waals surface area contributed by atoms with E-state index in [1.54, 1.807) is 0 Å². The first-order chi connectivity index (χ1) is 24.4. The molecule has 0 heterocycles. The van der Waals surface area contributed by atoms with Gasteiger partial charge in [0, 0.05) is 0 Å². The van der Waals surface area contributed by atoms with Gasteiger partial charge in [-0.15, -0.1) is 93.9 Å². The van der Waals surface area contributed by atoms with Crippen molar-refractivity contribution >= 4 is 53.2 Å². The molecule has 6 aromatic carbocycles. The third kappa shape index (κ3) is 11.0. The standard InChI is InChI=1S/2C24H27.2CH3.2ClH.Si.Zr/c2*1-3-12-24(13-5-14-24)17-19-15-21-6-4-7-22(23(21)16-19)20-10-8-18(2)9-11-20;;;;;;/h2*4,6-11,15-16H,3,5,12-14,17H2,1-2H3;2*1H3;2*1H;;/q4*-1;;;;. The molecule has 0 atom stereocenters. The van der Waals surface area contributed by atoms with Crippen LogP contribution in [0.2, 0.25) is 0 Å². The van der Waals surface area contributed by atoms with Gasteiger partial charge in [0.15, 0.2) is 0 Å². The molecule has 6 aromatic rings. The van der Waals surface area contributed by atoms with Crippen molar-refractivity contribution in [3.05, 3.63) is 146 Å². The molecule has 0 saturated heterocycles. The summed E-state index contributed by atoms with van der Waals surface area (Å²) in [6, 6.07) is 41.1. The van der Waals surface area contributed by atoms with Crippen LogP contribution >= 0.6 is 24.8 Å². The third-order valence-electron chi connectivity index (χ3n) is 11.9. The molecule has 0 N–H and O–H groups in total. The zero-order chi connectivity index (χ0) is 35.1. The molecule has 2 aliphatic rings. The van der Waals surface area contributed by atoms with Gasteiger partial charge in [0.2, 0.25) is 0 Å². The van der Waals surface area contributed by atoms with E-state index in [0.717, 1.165) is 0 Å². The Labute approximate surface area is 358 Å². The Bertz CT molecular complexity index is 1850. The summed E-state index contributed by atoms with van der Waals surface area (Å²) in [4.78, 5) is 0. The van der Waals surface area contributed by atoms with Crippen molar-refractivity contribution in [2.75, 3.05) is 0 Å². The topological polar surface area (TPSA) is 0 Å². The molecule has 2 aliphatic carbocycles. The molecule has 8 rings (SSSR count). The van der Waals surface area contributed by atoms with E-state index in [0.29, 0.717) is 10.8 Å². The van der Waals surface area contributed by atoms with Crippen LogP contribution in [-0.2, 0) is 36.2 Å². The Morgan fingerprint density at radius 2 is 0.907 bits per heavy atom. The number of fused-ring (bicyclic) bond motifs is 2. The maximum atomic E-state index is 3.06. The summed E-state index contributed by atoms with van der Waals surface area (Å²) < 4.78 is 0. The molecule has 0 spiro atoms. The number of aryl methyl sites for hydroxylation is 2.